The maximum Gasteiger partial charge on any atom is 0.0339 e. The smallest absolute Gasteiger partial charge is 0.0339 e. The van der Waals surface area contributed by atoms with Crippen molar-refractivity contribution in [3.8, 4) is 0 Å². The van der Waals surface area contributed by atoms with Gasteiger partial charge in [0.1, 0.15) is 0 Å². The Balaban J connectivity index is -0.000000175. The summed E-state index contributed by atoms with van der Waals surface area (Å²) in [5, 5.41) is 0. The van der Waals surface area contributed by atoms with Gasteiger partial charge in [-0.3, -0.25) is 4.99 Å². The molecule has 0 aromatic rings. The van der Waals surface area contributed by atoms with Crippen LogP contribution in [-0.4, -0.2) is 12.8 Å². The Morgan fingerprint density at radius 2 is 1.33 bits per heavy atom. The minimum Gasteiger partial charge on any atom is -0.293 e. The number of hydrogen-bond donors (Lipinski definition) is 0. The average molecular weight is 171 g/mol. The number of nitrogens with zero attached hydrogens (tertiary/aromatic N) is 1. The normalized spacial score (nSPS) is 10.7. The molecule has 0 fully saturated rings. The van der Waals surface area contributed by atoms with E-state index in [1.54, 1.807) is 0 Å². The molecule has 74 valence electrons. The first-order valence-electron chi connectivity index (χ1n) is 4.79. The molecule has 0 spiro atoms. The van der Waals surface area contributed by atoms with Crippen molar-refractivity contribution >= 4 is 5.71 Å². The second-order valence-corrected chi connectivity index (χ2v) is 1.78. The number of hydrogen-bond acceptors (Lipinski definition) is 1. The van der Waals surface area contributed by atoms with Gasteiger partial charge in [0.2, 0.25) is 0 Å². The van der Waals surface area contributed by atoms with Crippen LogP contribution >= 0.6 is 0 Å². The van der Waals surface area contributed by atoms with Gasteiger partial charge in [0.05, 0.1) is 0 Å². The predicted molar refractivity (Wildman–Crippen MR) is 61.2 cm³/mol. The molecule has 0 saturated carbocycles. The van der Waals surface area contributed by atoms with Crippen LogP contribution in [0.2, 0.25) is 0 Å². The first-order valence-corrected chi connectivity index (χ1v) is 4.79. The molecule has 0 radical (unpaired) electrons. The number of rotatable bonds is 1. The zero-order valence-electron chi connectivity index (χ0n) is 10.0. The summed E-state index contributed by atoms with van der Waals surface area (Å²) in [6.07, 6.45) is 2.06. The standard InChI is InChI=1S/C7H13N.2C2H6/c1-5-6(2)7(3)8-4;2*1-2/h5H,1-4H3;2*1-2H3/b6-5-,8-7?;;. The molecule has 0 amide bonds. The summed E-state index contributed by atoms with van der Waals surface area (Å²) in [5.74, 6) is 0. The average Bonchev–Trinajstić information content (AvgIpc) is 2.21. The molecule has 0 aliphatic rings. The topological polar surface area (TPSA) is 12.4 Å². The zero-order valence-corrected chi connectivity index (χ0v) is 10.0. The van der Waals surface area contributed by atoms with Crippen LogP contribution in [0, 0.1) is 0 Å². The van der Waals surface area contributed by atoms with Crippen LogP contribution < -0.4 is 0 Å². The quantitative estimate of drug-likeness (QED) is 0.527. The van der Waals surface area contributed by atoms with Crippen molar-refractivity contribution in [3.63, 3.8) is 0 Å². The van der Waals surface area contributed by atoms with Gasteiger partial charge in [-0.05, 0) is 26.3 Å². The minimum absolute atomic E-state index is 1.12. The molecule has 12 heavy (non-hydrogen) atoms. The fourth-order valence-corrected chi connectivity index (χ4v) is 0.385. The molecule has 1 nitrogen and oxygen atoms in total. The van der Waals surface area contributed by atoms with E-state index < -0.39 is 0 Å². The Kier molecular flexibility index (Phi) is 24.5. The van der Waals surface area contributed by atoms with Gasteiger partial charge in [0.15, 0.2) is 0 Å². The van der Waals surface area contributed by atoms with Crippen LogP contribution in [0.25, 0.3) is 0 Å². The SMILES string of the molecule is C/C=C(/C)C(C)=NC.CC.CC. The van der Waals surface area contributed by atoms with Gasteiger partial charge in [-0.1, -0.05) is 33.8 Å². The summed E-state index contributed by atoms with van der Waals surface area (Å²) in [6.45, 7) is 14.1. The van der Waals surface area contributed by atoms with E-state index in [9.17, 15) is 0 Å². The summed E-state index contributed by atoms with van der Waals surface area (Å²) < 4.78 is 0. The predicted octanol–water partition coefficient (Wildman–Crippen LogP) is 4.10. The summed E-state index contributed by atoms with van der Waals surface area (Å²) in [4.78, 5) is 4.01. The van der Waals surface area contributed by atoms with Crippen LogP contribution in [0.1, 0.15) is 48.5 Å². The molecule has 0 aliphatic carbocycles. The van der Waals surface area contributed by atoms with E-state index in [1.165, 1.54) is 5.57 Å². The summed E-state index contributed by atoms with van der Waals surface area (Å²) >= 11 is 0. The monoisotopic (exact) mass is 171 g/mol. The van der Waals surface area contributed by atoms with Crippen molar-refractivity contribution in [2.24, 2.45) is 4.99 Å². The van der Waals surface area contributed by atoms with Crippen molar-refractivity contribution in [3.05, 3.63) is 11.6 Å². The molecule has 0 unspecified atom stereocenters. The Bertz CT molecular complexity index is 105. The summed E-state index contributed by atoms with van der Waals surface area (Å²) in [5.41, 5.74) is 2.38. The van der Waals surface area contributed by atoms with Crippen molar-refractivity contribution in [2.75, 3.05) is 7.05 Å². The Hall–Kier alpha value is -0.590. The first kappa shape index (κ1) is 17.5. The zero-order chi connectivity index (χ0) is 10.6. The van der Waals surface area contributed by atoms with Gasteiger partial charge in [-0.15, -0.1) is 0 Å². The van der Waals surface area contributed by atoms with Gasteiger partial charge >= 0.3 is 0 Å². The highest BCUT2D eigenvalue weighted by atomic mass is 14.7. The Morgan fingerprint density at radius 1 is 1.00 bits per heavy atom. The maximum atomic E-state index is 4.01. The van der Waals surface area contributed by atoms with Gasteiger partial charge in [-0.25, -0.2) is 0 Å². The molecule has 0 aromatic heterocycles. The third-order valence-electron chi connectivity index (χ3n) is 1.34. The second-order valence-electron chi connectivity index (χ2n) is 1.78. The lowest BCUT2D eigenvalue weighted by atomic mass is 10.2. The van der Waals surface area contributed by atoms with Crippen molar-refractivity contribution in [1.82, 2.24) is 0 Å². The minimum atomic E-state index is 1.12. The summed E-state index contributed by atoms with van der Waals surface area (Å²) in [6, 6.07) is 0. The molecule has 0 saturated heterocycles. The molecule has 0 atom stereocenters. The molecule has 0 heterocycles. The van der Waals surface area contributed by atoms with Crippen molar-refractivity contribution < 1.29 is 0 Å². The highest BCUT2D eigenvalue weighted by molar-refractivity contribution is 5.97. The molecule has 0 N–H and O–H groups in total. The lowest BCUT2D eigenvalue weighted by Crippen LogP contribution is -1.90. The highest BCUT2D eigenvalue weighted by Gasteiger charge is 1.86. The largest absolute Gasteiger partial charge is 0.293 e. The molecule has 0 aliphatic heterocycles. The van der Waals surface area contributed by atoms with Crippen molar-refractivity contribution in [2.45, 2.75) is 48.5 Å². The molecule has 1 heteroatoms. The van der Waals surface area contributed by atoms with E-state index in [4.69, 9.17) is 0 Å². The number of allylic oxidation sites excluding steroid dienone is 2. The van der Waals surface area contributed by atoms with E-state index in [-0.39, 0.29) is 0 Å². The van der Waals surface area contributed by atoms with Gasteiger partial charge in [0.25, 0.3) is 0 Å². The van der Waals surface area contributed by atoms with Crippen molar-refractivity contribution in [1.29, 1.82) is 0 Å². The van der Waals surface area contributed by atoms with Gasteiger partial charge < -0.3 is 0 Å². The van der Waals surface area contributed by atoms with E-state index in [1.807, 2.05) is 48.6 Å². The maximum absolute atomic E-state index is 4.01. The fraction of sp³-hybridized carbons (Fsp3) is 0.727. The van der Waals surface area contributed by atoms with E-state index >= 15 is 0 Å². The second kappa shape index (κ2) is 16.8. The Labute approximate surface area is 78.6 Å². The van der Waals surface area contributed by atoms with E-state index in [0.717, 1.165) is 5.71 Å². The van der Waals surface area contributed by atoms with Crippen LogP contribution in [0.4, 0.5) is 0 Å². The lowest BCUT2D eigenvalue weighted by Gasteiger charge is -1.93. The number of aliphatic imine (C=N–C) groups is 1. The van der Waals surface area contributed by atoms with Gasteiger partial charge in [0, 0.05) is 12.8 Å². The Morgan fingerprint density at radius 3 is 1.42 bits per heavy atom. The summed E-state index contributed by atoms with van der Waals surface area (Å²) in [7, 11) is 1.81. The highest BCUT2D eigenvalue weighted by Crippen LogP contribution is 1.93. The molecule has 0 aromatic carbocycles. The van der Waals surface area contributed by atoms with Gasteiger partial charge in [-0.2, -0.15) is 0 Å². The van der Waals surface area contributed by atoms with Crippen LogP contribution in [0.15, 0.2) is 16.6 Å². The molecular formula is C11H25N. The molecule has 0 bridgehead atoms. The third kappa shape index (κ3) is 12.1. The van der Waals surface area contributed by atoms with Crippen LogP contribution in [0.3, 0.4) is 0 Å². The molecular weight excluding hydrogens is 146 g/mol. The van der Waals surface area contributed by atoms with Crippen LogP contribution in [-0.2, 0) is 0 Å². The van der Waals surface area contributed by atoms with E-state index in [0.29, 0.717) is 0 Å². The third-order valence-corrected chi connectivity index (χ3v) is 1.34. The molecule has 0 rings (SSSR count). The first-order chi connectivity index (χ1) is 5.72. The van der Waals surface area contributed by atoms with E-state index in [2.05, 4.69) is 18.0 Å². The lowest BCUT2D eigenvalue weighted by molar-refractivity contribution is 1.38. The fourth-order valence-electron chi connectivity index (χ4n) is 0.385. The van der Waals surface area contributed by atoms with Crippen LogP contribution in [0.5, 0.6) is 0 Å².